The van der Waals surface area contributed by atoms with E-state index >= 15 is 0 Å². The van der Waals surface area contributed by atoms with Crippen molar-refractivity contribution in [1.82, 2.24) is 0 Å². The van der Waals surface area contributed by atoms with Crippen LogP contribution in [0.1, 0.15) is 26.2 Å². The molecule has 1 unspecified atom stereocenters. The Kier molecular flexibility index (Phi) is 2.69. The molecule has 1 atom stereocenters. The van der Waals surface area contributed by atoms with E-state index in [2.05, 4.69) is 6.58 Å². The van der Waals surface area contributed by atoms with Gasteiger partial charge < -0.3 is 5.11 Å². The van der Waals surface area contributed by atoms with Crippen molar-refractivity contribution in [2.75, 3.05) is 0 Å². The second-order valence-electron chi connectivity index (χ2n) is 3.35. The number of carbonyl (C=O) groups is 1. The quantitative estimate of drug-likeness (QED) is 0.639. The summed E-state index contributed by atoms with van der Waals surface area (Å²) in [7, 11) is 0. The zero-order valence-corrected chi connectivity index (χ0v) is 7.34. The summed E-state index contributed by atoms with van der Waals surface area (Å²) in [6, 6.07) is 0. The number of aliphatic hydroxyl groups is 1. The van der Waals surface area contributed by atoms with Crippen molar-refractivity contribution in [1.29, 1.82) is 0 Å². The van der Waals surface area contributed by atoms with E-state index in [1.807, 2.05) is 6.92 Å². The van der Waals surface area contributed by atoms with E-state index in [1.54, 1.807) is 6.08 Å². The second-order valence-corrected chi connectivity index (χ2v) is 3.35. The number of hydrogen-bond acceptors (Lipinski definition) is 2. The minimum Gasteiger partial charge on any atom is -0.512 e. The fourth-order valence-corrected chi connectivity index (χ4v) is 1.50. The molecule has 0 heterocycles. The maximum Gasteiger partial charge on any atom is 0.162 e. The van der Waals surface area contributed by atoms with Crippen LogP contribution in [0.2, 0.25) is 0 Å². The van der Waals surface area contributed by atoms with Gasteiger partial charge in [-0.15, -0.1) is 6.58 Å². The molecular formula is C10H14O2. The lowest BCUT2D eigenvalue weighted by Gasteiger charge is -2.19. The molecule has 0 bridgehead atoms. The highest BCUT2D eigenvalue weighted by Gasteiger charge is 2.23. The van der Waals surface area contributed by atoms with E-state index in [-0.39, 0.29) is 17.5 Å². The van der Waals surface area contributed by atoms with Crippen molar-refractivity contribution in [3.8, 4) is 0 Å². The van der Waals surface area contributed by atoms with Crippen LogP contribution in [0, 0.1) is 5.92 Å². The molecule has 2 nitrogen and oxygen atoms in total. The van der Waals surface area contributed by atoms with Crippen LogP contribution in [0.25, 0.3) is 0 Å². The first-order valence-electron chi connectivity index (χ1n) is 4.20. The van der Waals surface area contributed by atoms with Crippen molar-refractivity contribution < 1.29 is 9.90 Å². The molecule has 0 aliphatic heterocycles. The molecule has 0 aromatic rings. The Bertz CT molecular complexity index is 238. The lowest BCUT2D eigenvalue weighted by atomic mass is 9.87. The molecule has 0 aromatic heterocycles. The van der Waals surface area contributed by atoms with Crippen molar-refractivity contribution >= 4 is 5.78 Å². The summed E-state index contributed by atoms with van der Waals surface area (Å²) >= 11 is 0. The zero-order valence-electron chi connectivity index (χ0n) is 7.34. The van der Waals surface area contributed by atoms with Crippen LogP contribution in [-0.2, 0) is 4.79 Å². The SMILES string of the molecule is C=CCC1=C(O)CC(C)CC1=O. The Morgan fingerprint density at radius 1 is 1.67 bits per heavy atom. The third-order valence-electron chi connectivity index (χ3n) is 2.11. The molecular weight excluding hydrogens is 152 g/mol. The summed E-state index contributed by atoms with van der Waals surface area (Å²) < 4.78 is 0. The molecule has 1 N–H and O–H groups in total. The molecule has 0 radical (unpaired) electrons. The molecule has 0 amide bonds. The van der Waals surface area contributed by atoms with Crippen LogP contribution in [-0.4, -0.2) is 10.9 Å². The Morgan fingerprint density at radius 2 is 2.33 bits per heavy atom. The molecule has 1 aliphatic rings. The van der Waals surface area contributed by atoms with Gasteiger partial charge in [0.1, 0.15) is 0 Å². The van der Waals surface area contributed by atoms with E-state index in [9.17, 15) is 9.90 Å². The number of rotatable bonds is 2. The molecule has 2 heteroatoms. The van der Waals surface area contributed by atoms with E-state index in [1.165, 1.54) is 0 Å². The number of allylic oxidation sites excluding steroid dienone is 3. The highest BCUT2D eigenvalue weighted by Crippen LogP contribution is 2.26. The molecule has 0 spiro atoms. The number of ketones is 1. The fraction of sp³-hybridized carbons (Fsp3) is 0.500. The van der Waals surface area contributed by atoms with Crippen LogP contribution >= 0.6 is 0 Å². The summed E-state index contributed by atoms with van der Waals surface area (Å²) in [5.41, 5.74) is 0.558. The zero-order chi connectivity index (χ0) is 9.14. The molecule has 0 fully saturated rings. The van der Waals surface area contributed by atoms with E-state index in [4.69, 9.17) is 0 Å². The van der Waals surface area contributed by atoms with Gasteiger partial charge in [0.2, 0.25) is 0 Å². The number of Topliss-reactive ketones (excluding diaryl/α,β-unsaturated/α-hetero) is 1. The molecule has 0 aromatic carbocycles. The van der Waals surface area contributed by atoms with Gasteiger partial charge in [0, 0.05) is 18.4 Å². The number of aliphatic hydroxyl groups excluding tert-OH is 1. The summed E-state index contributed by atoms with van der Waals surface area (Å²) in [6.07, 6.45) is 3.35. The topological polar surface area (TPSA) is 37.3 Å². The lowest BCUT2D eigenvalue weighted by molar-refractivity contribution is -0.117. The highest BCUT2D eigenvalue weighted by atomic mass is 16.3. The summed E-state index contributed by atoms with van der Waals surface area (Å²) in [6.45, 7) is 5.52. The lowest BCUT2D eigenvalue weighted by Crippen LogP contribution is -2.17. The van der Waals surface area contributed by atoms with Gasteiger partial charge in [0.25, 0.3) is 0 Å². The van der Waals surface area contributed by atoms with Gasteiger partial charge in [-0.2, -0.15) is 0 Å². The van der Waals surface area contributed by atoms with Gasteiger partial charge in [-0.3, -0.25) is 4.79 Å². The fourth-order valence-electron chi connectivity index (χ4n) is 1.50. The minimum absolute atomic E-state index is 0.0751. The van der Waals surface area contributed by atoms with Crippen LogP contribution in [0.5, 0.6) is 0 Å². The number of hydrogen-bond donors (Lipinski definition) is 1. The first-order chi connectivity index (χ1) is 5.65. The van der Waals surface area contributed by atoms with Gasteiger partial charge in [-0.05, 0) is 12.3 Å². The average molecular weight is 166 g/mol. The van der Waals surface area contributed by atoms with Gasteiger partial charge in [0.15, 0.2) is 5.78 Å². The van der Waals surface area contributed by atoms with Crippen molar-refractivity contribution in [2.24, 2.45) is 5.92 Å². The van der Waals surface area contributed by atoms with Crippen molar-refractivity contribution in [3.05, 3.63) is 24.0 Å². The third kappa shape index (κ3) is 1.76. The minimum atomic E-state index is 0.0751. The molecule has 1 rings (SSSR count). The Hall–Kier alpha value is -1.05. The Balaban J connectivity index is 2.85. The average Bonchev–Trinajstić information content (AvgIpc) is 1.96. The second kappa shape index (κ2) is 3.57. The first kappa shape index (κ1) is 9.04. The summed E-state index contributed by atoms with van der Waals surface area (Å²) in [5, 5.41) is 9.45. The summed E-state index contributed by atoms with van der Waals surface area (Å²) in [5.74, 6) is 0.621. The predicted octanol–water partition coefficient (Wildman–Crippen LogP) is 2.37. The standard InChI is InChI=1S/C10H14O2/c1-3-4-8-9(11)5-7(2)6-10(8)12/h3,7,11H,1,4-6H2,2H3. The predicted molar refractivity (Wildman–Crippen MR) is 47.9 cm³/mol. The smallest absolute Gasteiger partial charge is 0.162 e. The van der Waals surface area contributed by atoms with Gasteiger partial charge in [-0.1, -0.05) is 13.0 Å². The van der Waals surface area contributed by atoms with E-state index < -0.39 is 0 Å². The molecule has 1 aliphatic carbocycles. The van der Waals surface area contributed by atoms with Crippen LogP contribution in [0.3, 0.4) is 0 Å². The molecule has 12 heavy (non-hydrogen) atoms. The maximum absolute atomic E-state index is 11.3. The number of carbonyl (C=O) groups excluding carboxylic acids is 1. The van der Waals surface area contributed by atoms with Gasteiger partial charge in [-0.25, -0.2) is 0 Å². The van der Waals surface area contributed by atoms with Crippen molar-refractivity contribution in [2.45, 2.75) is 26.2 Å². The Morgan fingerprint density at radius 3 is 2.83 bits per heavy atom. The van der Waals surface area contributed by atoms with Crippen molar-refractivity contribution in [3.63, 3.8) is 0 Å². The molecule has 66 valence electrons. The van der Waals surface area contributed by atoms with Crippen LogP contribution < -0.4 is 0 Å². The molecule has 0 saturated carbocycles. The highest BCUT2D eigenvalue weighted by molar-refractivity contribution is 5.96. The van der Waals surface area contributed by atoms with Gasteiger partial charge in [0.05, 0.1) is 5.76 Å². The van der Waals surface area contributed by atoms with Crippen LogP contribution in [0.4, 0.5) is 0 Å². The maximum atomic E-state index is 11.3. The van der Waals surface area contributed by atoms with Crippen LogP contribution in [0.15, 0.2) is 24.0 Å². The van der Waals surface area contributed by atoms with E-state index in [0.29, 0.717) is 24.8 Å². The monoisotopic (exact) mass is 166 g/mol. The van der Waals surface area contributed by atoms with E-state index in [0.717, 1.165) is 0 Å². The third-order valence-corrected chi connectivity index (χ3v) is 2.11. The van der Waals surface area contributed by atoms with Gasteiger partial charge >= 0.3 is 0 Å². The summed E-state index contributed by atoms with van der Waals surface area (Å²) in [4.78, 5) is 11.3. The largest absolute Gasteiger partial charge is 0.512 e. The normalized spacial score (nSPS) is 24.4. The first-order valence-corrected chi connectivity index (χ1v) is 4.20. The Labute approximate surface area is 72.6 Å². The molecule has 0 saturated heterocycles.